The number of nitrogens with one attached hydrogen (secondary N) is 1. The Morgan fingerprint density at radius 1 is 1.35 bits per heavy atom. The van der Waals surface area contributed by atoms with Crippen LogP contribution in [0.3, 0.4) is 0 Å². The number of benzene rings is 1. The first-order valence-electron chi connectivity index (χ1n) is 6.61. The number of nitrogens with zero attached hydrogens (tertiary/aromatic N) is 1. The summed E-state index contributed by atoms with van der Waals surface area (Å²) < 4.78 is 10.2. The molecule has 0 radical (unpaired) electrons. The second-order valence-electron chi connectivity index (χ2n) is 4.44. The van der Waals surface area contributed by atoms with Gasteiger partial charge in [0, 0.05) is 0 Å². The van der Waals surface area contributed by atoms with Crippen molar-refractivity contribution in [1.82, 2.24) is 4.98 Å². The van der Waals surface area contributed by atoms with Gasteiger partial charge in [-0.1, -0.05) is 23.9 Å². The van der Waals surface area contributed by atoms with Gasteiger partial charge in [-0.3, -0.25) is 4.79 Å². The van der Waals surface area contributed by atoms with Crippen LogP contribution in [0.2, 0.25) is 0 Å². The van der Waals surface area contributed by atoms with Crippen LogP contribution in [-0.4, -0.2) is 29.7 Å². The van der Waals surface area contributed by atoms with Gasteiger partial charge in [0.15, 0.2) is 5.58 Å². The number of amides is 1. The predicted molar refractivity (Wildman–Crippen MR) is 89.0 cm³/mol. The Morgan fingerprint density at radius 2 is 2.17 bits per heavy atom. The first-order valence-corrected chi connectivity index (χ1v) is 8.48. The molecule has 3 aromatic rings. The molecule has 0 aliphatic heterocycles. The van der Waals surface area contributed by atoms with E-state index in [1.807, 2.05) is 24.3 Å². The number of hydrogen-bond acceptors (Lipinski definition) is 7. The summed E-state index contributed by atoms with van der Waals surface area (Å²) in [6, 6.07) is 9.06. The third-order valence-electron chi connectivity index (χ3n) is 2.91. The lowest BCUT2D eigenvalue weighted by atomic mass is 10.3. The van der Waals surface area contributed by atoms with Crippen molar-refractivity contribution in [2.75, 3.05) is 18.2 Å². The van der Waals surface area contributed by atoms with E-state index < -0.39 is 5.97 Å². The Bertz CT molecular complexity index is 823. The zero-order valence-electron chi connectivity index (χ0n) is 12.1. The molecule has 0 aliphatic rings. The Balaban J connectivity index is 1.61. The molecule has 2 heterocycles. The molecule has 118 valence electrons. The van der Waals surface area contributed by atoms with Crippen molar-refractivity contribution in [1.29, 1.82) is 0 Å². The molecule has 0 atom stereocenters. The van der Waals surface area contributed by atoms with Gasteiger partial charge in [0.2, 0.25) is 5.91 Å². The van der Waals surface area contributed by atoms with Crippen molar-refractivity contribution < 1.29 is 18.7 Å². The van der Waals surface area contributed by atoms with Crippen molar-refractivity contribution in [3.63, 3.8) is 0 Å². The van der Waals surface area contributed by atoms with Gasteiger partial charge in [-0.2, -0.15) is 0 Å². The van der Waals surface area contributed by atoms with Crippen LogP contribution in [0.25, 0.3) is 11.1 Å². The number of carbonyl (C=O) groups excluding carboxylic acids is 2. The van der Waals surface area contributed by atoms with E-state index in [9.17, 15) is 9.59 Å². The van der Waals surface area contributed by atoms with Crippen LogP contribution in [0, 0.1) is 0 Å². The van der Waals surface area contributed by atoms with E-state index in [4.69, 9.17) is 4.42 Å². The minimum absolute atomic E-state index is 0.128. The average Bonchev–Trinajstić information content (AvgIpc) is 3.18. The number of fused-ring (bicyclic) bond motifs is 1. The molecule has 3 rings (SSSR count). The number of esters is 1. The highest BCUT2D eigenvalue weighted by molar-refractivity contribution is 7.99. The molecule has 1 amide bonds. The minimum atomic E-state index is -0.470. The number of para-hydroxylation sites is 2. The first kappa shape index (κ1) is 15.6. The summed E-state index contributed by atoms with van der Waals surface area (Å²) in [5.41, 5.74) is 1.88. The monoisotopic (exact) mass is 348 g/mol. The number of hydrogen-bond donors (Lipinski definition) is 1. The third-order valence-corrected chi connectivity index (χ3v) is 4.63. The molecule has 0 bridgehead atoms. The quantitative estimate of drug-likeness (QED) is 0.562. The van der Waals surface area contributed by atoms with Gasteiger partial charge >= 0.3 is 5.97 Å². The fourth-order valence-corrected chi connectivity index (χ4v) is 3.29. The third kappa shape index (κ3) is 3.54. The van der Waals surface area contributed by atoms with Crippen LogP contribution in [0.15, 0.2) is 45.4 Å². The van der Waals surface area contributed by atoms with Gasteiger partial charge in [-0.25, -0.2) is 9.78 Å². The molecule has 6 nitrogen and oxygen atoms in total. The topological polar surface area (TPSA) is 81.4 Å². The molecule has 0 saturated carbocycles. The van der Waals surface area contributed by atoms with E-state index in [1.54, 1.807) is 11.4 Å². The minimum Gasteiger partial charge on any atom is -0.465 e. The highest BCUT2D eigenvalue weighted by Crippen LogP contribution is 2.25. The molecule has 8 heteroatoms. The summed E-state index contributed by atoms with van der Waals surface area (Å²) in [6.07, 6.45) is 0. The maximum atomic E-state index is 12.0. The smallest absolute Gasteiger partial charge is 0.350 e. The van der Waals surface area contributed by atoms with Gasteiger partial charge < -0.3 is 14.5 Å². The van der Waals surface area contributed by atoms with Crippen LogP contribution in [0.4, 0.5) is 5.69 Å². The molecule has 0 aliphatic carbocycles. The van der Waals surface area contributed by atoms with Crippen molar-refractivity contribution in [3.05, 3.63) is 40.6 Å². The summed E-state index contributed by atoms with van der Waals surface area (Å²) in [6.45, 7) is 0. The second kappa shape index (κ2) is 6.84. The van der Waals surface area contributed by atoms with Crippen LogP contribution in [0.1, 0.15) is 9.67 Å². The van der Waals surface area contributed by atoms with Crippen molar-refractivity contribution in [2.24, 2.45) is 0 Å². The molecule has 23 heavy (non-hydrogen) atoms. The lowest BCUT2D eigenvalue weighted by Gasteiger charge is -2.04. The Hall–Kier alpha value is -2.32. The van der Waals surface area contributed by atoms with E-state index in [-0.39, 0.29) is 11.7 Å². The van der Waals surface area contributed by atoms with E-state index in [2.05, 4.69) is 15.0 Å². The number of ether oxygens (including phenoxy) is 1. The highest BCUT2D eigenvalue weighted by atomic mass is 32.2. The molecule has 1 N–H and O–H groups in total. The zero-order chi connectivity index (χ0) is 16.2. The van der Waals surface area contributed by atoms with Crippen LogP contribution in [0.5, 0.6) is 0 Å². The van der Waals surface area contributed by atoms with E-state index in [0.29, 0.717) is 21.4 Å². The maximum Gasteiger partial charge on any atom is 0.350 e. The largest absolute Gasteiger partial charge is 0.465 e. The molecule has 1 aromatic carbocycles. The van der Waals surface area contributed by atoms with Crippen LogP contribution < -0.4 is 5.32 Å². The summed E-state index contributed by atoms with van der Waals surface area (Å²) >= 11 is 2.41. The molecule has 0 fully saturated rings. The van der Waals surface area contributed by atoms with E-state index in [1.165, 1.54) is 30.2 Å². The summed E-state index contributed by atoms with van der Waals surface area (Å²) in [5.74, 6) is -0.591. The van der Waals surface area contributed by atoms with Gasteiger partial charge in [0.1, 0.15) is 10.4 Å². The van der Waals surface area contributed by atoms with E-state index in [0.717, 1.165) is 5.52 Å². The number of oxazole rings is 1. The summed E-state index contributed by atoms with van der Waals surface area (Å²) in [5, 5.41) is 4.84. The maximum absolute atomic E-state index is 12.0. The lowest BCUT2D eigenvalue weighted by Crippen LogP contribution is -2.15. The molecule has 0 spiro atoms. The number of methoxy groups -OCH3 is 1. The lowest BCUT2D eigenvalue weighted by molar-refractivity contribution is -0.113. The zero-order valence-corrected chi connectivity index (χ0v) is 13.7. The standard InChI is InChI=1S/C15H12N2O4S2/c1-20-14(19)13-10(6-7-22-13)16-12(18)8-23-15-17-9-4-2-3-5-11(9)21-15/h2-7H,8H2,1H3,(H,16,18). The number of rotatable bonds is 5. The Labute approximate surface area is 139 Å². The molecule has 0 unspecified atom stereocenters. The van der Waals surface area contributed by atoms with Crippen LogP contribution >= 0.6 is 23.1 Å². The van der Waals surface area contributed by atoms with Gasteiger partial charge in [-0.15, -0.1) is 11.3 Å². The average molecular weight is 348 g/mol. The fraction of sp³-hybridized carbons (Fsp3) is 0.133. The van der Waals surface area contributed by atoms with Gasteiger partial charge in [-0.05, 0) is 23.6 Å². The molecule has 0 saturated heterocycles. The fourth-order valence-electron chi connectivity index (χ4n) is 1.88. The van der Waals surface area contributed by atoms with Crippen molar-refractivity contribution >= 4 is 51.8 Å². The number of anilines is 1. The SMILES string of the molecule is COC(=O)c1sccc1NC(=O)CSc1nc2ccccc2o1. The summed E-state index contributed by atoms with van der Waals surface area (Å²) in [7, 11) is 1.30. The Kier molecular flexibility index (Phi) is 4.63. The van der Waals surface area contributed by atoms with Crippen LogP contribution in [-0.2, 0) is 9.53 Å². The predicted octanol–water partition coefficient (Wildman–Crippen LogP) is 3.41. The van der Waals surface area contributed by atoms with Gasteiger partial charge in [0.25, 0.3) is 5.22 Å². The number of carbonyl (C=O) groups is 2. The highest BCUT2D eigenvalue weighted by Gasteiger charge is 2.16. The molecular formula is C15H12N2O4S2. The number of thiophene rings is 1. The normalized spacial score (nSPS) is 10.7. The summed E-state index contributed by atoms with van der Waals surface area (Å²) in [4.78, 5) is 28.2. The first-order chi connectivity index (χ1) is 11.2. The van der Waals surface area contributed by atoms with E-state index >= 15 is 0 Å². The van der Waals surface area contributed by atoms with Crippen molar-refractivity contribution in [2.45, 2.75) is 5.22 Å². The van der Waals surface area contributed by atoms with Gasteiger partial charge in [0.05, 0.1) is 18.6 Å². The van der Waals surface area contributed by atoms with Crippen molar-refractivity contribution in [3.8, 4) is 0 Å². The number of thioether (sulfide) groups is 1. The molecular weight excluding hydrogens is 336 g/mol. The number of aromatic nitrogens is 1. The second-order valence-corrected chi connectivity index (χ2v) is 6.28. The Morgan fingerprint density at radius 3 is 2.96 bits per heavy atom. The molecule has 2 aromatic heterocycles.